The Kier molecular flexibility index (Phi) is 7.43. The van der Waals surface area contributed by atoms with Gasteiger partial charge in [-0.05, 0) is 47.5 Å². The molecule has 6 heteroatoms. The predicted molar refractivity (Wildman–Crippen MR) is 138 cm³/mol. The van der Waals surface area contributed by atoms with Crippen molar-refractivity contribution in [3.05, 3.63) is 114 Å². The predicted octanol–water partition coefficient (Wildman–Crippen LogP) is 6.87. The molecule has 35 heavy (non-hydrogen) atoms. The molecule has 0 aliphatic rings. The summed E-state index contributed by atoms with van der Waals surface area (Å²) in [5.74, 6) is -0.908. The smallest absolute Gasteiger partial charge is 0.340 e. The van der Waals surface area contributed by atoms with Crippen LogP contribution in [0.15, 0.2) is 113 Å². The first-order valence-electron chi connectivity index (χ1n) is 11.2. The van der Waals surface area contributed by atoms with Crippen LogP contribution >= 0.6 is 0 Å². The number of carbonyl (C=O) groups is 2. The van der Waals surface area contributed by atoms with Crippen molar-refractivity contribution in [3.8, 4) is 11.1 Å². The molecule has 0 unspecified atom stereocenters. The summed E-state index contributed by atoms with van der Waals surface area (Å²) in [7, 11) is 3.92. The fourth-order valence-electron chi connectivity index (χ4n) is 3.43. The maximum absolute atomic E-state index is 12.7. The first kappa shape index (κ1) is 23.6. The van der Waals surface area contributed by atoms with Gasteiger partial charge in [0, 0.05) is 25.3 Å². The Morgan fingerprint density at radius 1 is 0.714 bits per heavy atom. The summed E-state index contributed by atoms with van der Waals surface area (Å²) in [5.41, 5.74) is 4.88. The van der Waals surface area contributed by atoms with E-state index in [4.69, 9.17) is 4.74 Å². The zero-order chi connectivity index (χ0) is 24.6. The highest BCUT2D eigenvalue weighted by atomic mass is 16.5. The van der Waals surface area contributed by atoms with Crippen LogP contribution in [0, 0.1) is 0 Å². The highest BCUT2D eigenvalue weighted by Crippen LogP contribution is 2.25. The standard InChI is InChI=1S/C29H25N3O3/c1-32(2)25-18-16-24(17-19-25)30-31-27-11-7-6-10-26(27)29(34)35-20-28(33)23-14-12-22(13-15-23)21-8-4-3-5-9-21/h3-19H,20H2,1-2H3. The summed E-state index contributed by atoms with van der Waals surface area (Å²) in [4.78, 5) is 27.3. The van der Waals surface area contributed by atoms with Gasteiger partial charge in [-0.1, -0.05) is 66.7 Å². The molecule has 0 saturated heterocycles. The average Bonchev–Trinajstić information content (AvgIpc) is 2.91. The summed E-state index contributed by atoms with van der Waals surface area (Å²) >= 11 is 0. The molecule has 0 saturated carbocycles. The lowest BCUT2D eigenvalue weighted by Gasteiger charge is -2.11. The van der Waals surface area contributed by atoms with Gasteiger partial charge in [0.25, 0.3) is 0 Å². The lowest BCUT2D eigenvalue weighted by molar-refractivity contribution is 0.0475. The number of hydrogen-bond acceptors (Lipinski definition) is 6. The minimum atomic E-state index is -0.628. The zero-order valence-corrected chi connectivity index (χ0v) is 19.6. The number of ether oxygens (including phenoxy) is 1. The van der Waals surface area contributed by atoms with Crippen molar-refractivity contribution in [1.29, 1.82) is 0 Å². The first-order valence-corrected chi connectivity index (χ1v) is 11.2. The molecule has 0 atom stereocenters. The van der Waals surface area contributed by atoms with Crippen molar-refractivity contribution in [2.75, 3.05) is 25.6 Å². The summed E-state index contributed by atoms with van der Waals surface area (Å²) in [6, 6.07) is 31.5. The van der Waals surface area contributed by atoms with E-state index in [2.05, 4.69) is 10.2 Å². The maximum atomic E-state index is 12.7. The van der Waals surface area contributed by atoms with Gasteiger partial charge in [-0.3, -0.25) is 4.79 Å². The van der Waals surface area contributed by atoms with Crippen LogP contribution in [-0.4, -0.2) is 32.5 Å². The van der Waals surface area contributed by atoms with Crippen molar-refractivity contribution in [2.24, 2.45) is 10.2 Å². The maximum Gasteiger partial charge on any atom is 0.340 e. The Morgan fingerprint density at radius 3 is 2.03 bits per heavy atom. The van der Waals surface area contributed by atoms with Gasteiger partial charge in [-0.2, -0.15) is 5.11 Å². The molecule has 0 fully saturated rings. The van der Waals surface area contributed by atoms with E-state index >= 15 is 0 Å². The summed E-state index contributed by atoms with van der Waals surface area (Å²) < 4.78 is 5.30. The van der Waals surface area contributed by atoms with Gasteiger partial charge in [0.15, 0.2) is 12.4 Å². The molecule has 0 radical (unpaired) electrons. The van der Waals surface area contributed by atoms with Crippen molar-refractivity contribution < 1.29 is 14.3 Å². The minimum absolute atomic E-state index is 0.244. The van der Waals surface area contributed by atoms with Crippen molar-refractivity contribution in [2.45, 2.75) is 0 Å². The second-order valence-electron chi connectivity index (χ2n) is 8.07. The van der Waals surface area contributed by atoms with Crippen LogP contribution in [0.5, 0.6) is 0 Å². The van der Waals surface area contributed by atoms with E-state index in [1.165, 1.54) is 0 Å². The van der Waals surface area contributed by atoms with Crippen LogP contribution in [-0.2, 0) is 4.74 Å². The van der Waals surface area contributed by atoms with Crippen LogP contribution < -0.4 is 4.90 Å². The largest absolute Gasteiger partial charge is 0.454 e. The fraction of sp³-hybridized carbons (Fsp3) is 0.103. The Balaban J connectivity index is 1.40. The number of azo groups is 1. The molecule has 0 aliphatic heterocycles. The molecule has 4 aromatic carbocycles. The molecule has 0 heterocycles. The third kappa shape index (κ3) is 6.06. The number of carbonyl (C=O) groups excluding carboxylic acids is 2. The highest BCUT2D eigenvalue weighted by Gasteiger charge is 2.15. The van der Waals surface area contributed by atoms with Gasteiger partial charge in [0.2, 0.25) is 0 Å². The van der Waals surface area contributed by atoms with Gasteiger partial charge in [0.1, 0.15) is 5.69 Å². The average molecular weight is 464 g/mol. The normalized spacial score (nSPS) is 10.8. The quantitative estimate of drug-likeness (QED) is 0.162. The Hall–Kier alpha value is -4.58. The molecular formula is C29H25N3O3. The van der Waals surface area contributed by atoms with Gasteiger partial charge in [-0.25, -0.2) is 4.79 Å². The van der Waals surface area contributed by atoms with Gasteiger partial charge >= 0.3 is 5.97 Å². The molecule has 0 N–H and O–H groups in total. The number of esters is 1. The number of hydrogen-bond donors (Lipinski definition) is 0. The molecule has 0 aliphatic carbocycles. The second kappa shape index (κ2) is 11.0. The van der Waals surface area contributed by atoms with E-state index in [1.807, 2.05) is 85.7 Å². The number of anilines is 1. The number of ketones is 1. The van der Waals surface area contributed by atoms with Gasteiger partial charge in [0.05, 0.1) is 11.3 Å². The van der Waals surface area contributed by atoms with Crippen LogP contribution in [0.2, 0.25) is 0 Å². The second-order valence-corrected chi connectivity index (χ2v) is 8.07. The van der Waals surface area contributed by atoms with E-state index in [0.29, 0.717) is 16.9 Å². The van der Waals surface area contributed by atoms with Crippen molar-refractivity contribution in [1.82, 2.24) is 0 Å². The number of Topliss-reactive ketones (excluding diaryl/α,β-unsaturated/α-hetero) is 1. The Labute approximate surface area is 204 Å². The number of nitrogens with zero attached hydrogens (tertiary/aromatic N) is 3. The fourth-order valence-corrected chi connectivity index (χ4v) is 3.43. The molecular weight excluding hydrogens is 438 g/mol. The zero-order valence-electron chi connectivity index (χ0n) is 19.6. The van der Waals surface area contributed by atoms with Gasteiger partial charge in [-0.15, -0.1) is 5.11 Å². The number of benzene rings is 4. The topological polar surface area (TPSA) is 71.3 Å². The number of rotatable bonds is 8. The molecule has 0 amide bonds. The van der Waals surface area contributed by atoms with Gasteiger partial charge < -0.3 is 9.64 Å². The van der Waals surface area contributed by atoms with Crippen molar-refractivity contribution in [3.63, 3.8) is 0 Å². The third-order valence-electron chi connectivity index (χ3n) is 5.41. The van der Waals surface area contributed by atoms with Crippen LogP contribution in [0.3, 0.4) is 0 Å². The lowest BCUT2D eigenvalue weighted by atomic mass is 10.0. The van der Waals surface area contributed by atoms with E-state index in [-0.39, 0.29) is 18.0 Å². The van der Waals surface area contributed by atoms with Crippen LogP contribution in [0.4, 0.5) is 17.1 Å². The van der Waals surface area contributed by atoms with E-state index < -0.39 is 5.97 Å². The Morgan fingerprint density at radius 2 is 1.34 bits per heavy atom. The molecule has 0 aromatic heterocycles. The van der Waals surface area contributed by atoms with Crippen molar-refractivity contribution >= 4 is 28.8 Å². The summed E-state index contributed by atoms with van der Waals surface area (Å²) in [6.07, 6.45) is 0. The molecule has 0 bridgehead atoms. The van der Waals surface area contributed by atoms with E-state index in [0.717, 1.165) is 16.8 Å². The van der Waals surface area contributed by atoms with Crippen LogP contribution in [0.1, 0.15) is 20.7 Å². The third-order valence-corrected chi connectivity index (χ3v) is 5.41. The SMILES string of the molecule is CN(C)c1ccc(N=Nc2ccccc2C(=O)OCC(=O)c2ccc(-c3ccccc3)cc2)cc1. The summed E-state index contributed by atoms with van der Waals surface area (Å²) in [6.45, 7) is -0.360. The lowest BCUT2D eigenvalue weighted by Crippen LogP contribution is -2.14. The minimum Gasteiger partial charge on any atom is -0.454 e. The van der Waals surface area contributed by atoms with E-state index in [1.54, 1.807) is 36.4 Å². The summed E-state index contributed by atoms with van der Waals surface area (Å²) in [5, 5.41) is 8.45. The molecule has 174 valence electrons. The Bertz CT molecular complexity index is 1330. The molecule has 4 rings (SSSR count). The highest BCUT2D eigenvalue weighted by molar-refractivity contribution is 6.00. The molecule has 4 aromatic rings. The first-order chi connectivity index (χ1) is 17.0. The monoisotopic (exact) mass is 463 g/mol. The molecule has 6 nitrogen and oxygen atoms in total. The molecule has 0 spiro atoms. The van der Waals surface area contributed by atoms with Crippen LogP contribution in [0.25, 0.3) is 11.1 Å². The van der Waals surface area contributed by atoms with E-state index in [9.17, 15) is 9.59 Å².